The van der Waals surface area contributed by atoms with E-state index in [1.165, 1.54) is 24.0 Å². The number of aliphatic hydroxyl groups excluding tert-OH is 1. The minimum Gasteiger partial charge on any atom is -0.394 e. The predicted molar refractivity (Wildman–Crippen MR) is 83.0 cm³/mol. The first-order valence-corrected chi connectivity index (χ1v) is 7.80. The minimum absolute atomic E-state index is 0.223. The Balaban J connectivity index is 2.08. The first-order chi connectivity index (χ1) is 9.76. The van der Waals surface area contributed by atoms with Crippen molar-refractivity contribution in [2.24, 2.45) is 0 Å². The Morgan fingerprint density at radius 2 is 2.30 bits per heavy atom. The SMILES string of the molecule is CCCNCc1cnc(N2CCCCC2CO)c(C)c1. The van der Waals surface area contributed by atoms with Crippen molar-refractivity contribution in [2.75, 3.05) is 24.6 Å². The van der Waals surface area contributed by atoms with Crippen LogP contribution in [0, 0.1) is 6.92 Å². The van der Waals surface area contributed by atoms with Crippen LogP contribution >= 0.6 is 0 Å². The molecule has 0 aliphatic carbocycles. The summed E-state index contributed by atoms with van der Waals surface area (Å²) in [6, 6.07) is 2.45. The molecule has 0 amide bonds. The van der Waals surface area contributed by atoms with Gasteiger partial charge in [-0.2, -0.15) is 0 Å². The Labute approximate surface area is 122 Å². The summed E-state index contributed by atoms with van der Waals surface area (Å²) in [7, 11) is 0. The van der Waals surface area contributed by atoms with Crippen LogP contribution in [0.15, 0.2) is 12.3 Å². The van der Waals surface area contributed by atoms with Gasteiger partial charge >= 0.3 is 0 Å². The Bertz CT molecular complexity index is 422. The molecule has 1 atom stereocenters. The molecule has 2 rings (SSSR count). The third kappa shape index (κ3) is 3.70. The van der Waals surface area contributed by atoms with E-state index in [0.29, 0.717) is 0 Å². The summed E-state index contributed by atoms with van der Waals surface area (Å²) < 4.78 is 0. The summed E-state index contributed by atoms with van der Waals surface area (Å²) in [6.45, 7) is 7.44. The Hall–Kier alpha value is -1.13. The van der Waals surface area contributed by atoms with Crippen molar-refractivity contribution in [1.29, 1.82) is 0 Å². The molecule has 1 aromatic rings. The molecular weight excluding hydrogens is 250 g/mol. The molecule has 1 fully saturated rings. The monoisotopic (exact) mass is 277 g/mol. The van der Waals surface area contributed by atoms with Crippen LogP contribution in [-0.4, -0.2) is 35.8 Å². The van der Waals surface area contributed by atoms with Gasteiger partial charge in [-0.05, 0) is 56.3 Å². The third-order valence-electron chi connectivity index (χ3n) is 3.97. The van der Waals surface area contributed by atoms with Crippen LogP contribution < -0.4 is 10.2 Å². The minimum atomic E-state index is 0.223. The van der Waals surface area contributed by atoms with Crippen molar-refractivity contribution in [3.05, 3.63) is 23.4 Å². The van der Waals surface area contributed by atoms with Gasteiger partial charge in [-0.1, -0.05) is 6.92 Å². The fourth-order valence-electron chi connectivity index (χ4n) is 2.90. The van der Waals surface area contributed by atoms with E-state index in [2.05, 4.69) is 35.1 Å². The Kier molecular flexibility index (Phi) is 5.80. The summed E-state index contributed by atoms with van der Waals surface area (Å²) in [6.07, 6.45) is 6.58. The number of hydrogen-bond donors (Lipinski definition) is 2. The molecule has 2 N–H and O–H groups in total. The summed E-state index contributed by atoms with van der Waals surface area (Å²) >= 11 is 0. The largest absolute Gasteiger partial charge is 0.394 e. The lowest BCUT2D eigenvalue weighted by molar-refractivity contribution is 0.239. The summed E-state index contributed by atoms with van der Waals surface area (Å²) in [5.74, 6) is 1.04. The topological polar surface area (TPSA) is 48.4 Å². The van der Waals surface area contributed by atoms with Gasteiger partial charge in [-0.25, -0.2) is 4.98 Å². The van der Waals surface area contributed by atoms with Crippen LogP contribution in [0.1, 0.15) is 43.7 Å². The van der Waals surface area contributed by atoms with Gasteiger partial charge in [0, 0.05) is 19.3 Å². The van der Waals surface area contributed by atoms with E-state index >= 15 is 0 Å². The average Bonchev–Trinajstić information content (AvgIpc) is 2.48. The molecule has 1 aliphatic rings. The number of aliphatic hydroxyl groups is 1. The maximum absolute atomic E-state index is 9.53. The second kappa shape index (κ2) is 7.60. The van der Waals surface area contributed by atoms with Gasteiger partial charge in [0.1, 0.15) is 5.82 Å². The van der Waals surface area contributed by atoms with Gasteiger partial charge < -0.3 is 15.3 Å². The fraction of sp³-hybridized carbons (Fsp3) is 0.688. The molecule has 0 bridgehead atoms. The Morgan fingerprint density at radius 3 is 3.00 bits per heavy atom. The second-order valence-electron chi connectivity index (χ2n) is 5.69. The van der Waals surface area contributed by atoms with Gasteiger partial charge in [-0.15, -0.1) is 0 Å². The van der Waals surface area contributed by atoms with Crippen molar-refractivity contribution in [3.63, 3.8) is 0 Å². The van der Waals surface area contributed by atoms with Gasteiger partial charge in [0.25, 0.3) is 0 Å². The quantitative estimate of drug-likeness (QED) is 0.783. The molecule has 4 heteroatoms. The summed E-state index contributed by atoms with van der Waals surface area (Å²) in [4.78, 5) is 6.93. The number of nitrogens with zero attached hydrogens (tertiary/aromatic N) is 2. The standard InChI is InChI=1S/C16H27N3O/c1-3-7-17-10-14-9-13(2)16(18-11-14)19-8-5-4-6-15(19)12-20/h9,11,15,17,20H,3-8,10,12H2,1-2H3. The van der Waals surface area contributed by atoms with Crippen LogP contribution in [0.4, 0.5) is 5.82 Å². The van der Waals surface area contributed by atoms with E-state index in [9.17, 15) is 5.11 Å². The van der Waals surface area contributed by atoms with Crippen LogP contribution in [-0.2, 0) is 6.54 Å². The van der Waals surface area contributed by atoms with Gasteiger partial charge in [0.05, 0.1) is 12.6 Å². The number of aromatic nitrogens is 1. The maximum Gasteiger partial charge on any atom is 0.131 e. The normalized spacial score (nSPS) is 19.4. The van der Waals surface area contributed by atoms with Crippen LogP contribution in [0.2, 0.25) is 0 Å². The van der Waals surface area contributed by atoms with E-state index in [1.54, 1.807) is 0 Å². The van der Waals surface area contributed by atoms with Crippen molar-refractivity contribution in [2.45, 2.75) is 52.1 Å². The highest BCUT2D eigenvalue weighted by molar-refractivity contribution is 5.48. The van der Waals surface area contributed by atoms with E-state index < -0.39 is 0 Å². The molecule has 0 saturated carbocycles. The van der Waals surface area contributed by atoms with Crippen LogP contribution in [0.3, 0.4) is 0 Å². The van der Waals surface area contributed by atoms with Crippen molar-refractivity contribution >= 4 is 5.82 Å². The van der Waals surface area contributed by atoms with Crippen molar-refractivity contribution < 1.29 is 5.11 Å². The molecule has 0 radical (unpaired) electrons. The second-order valence-corrected chi connectivity index (χ2v) is 5.69. The van der Waals surface area contributed by atoms with Crippen LogP contribution in [0.25, 0.3) is 0 Å². The lowest BCUT2D eigenvalue weighted by atomic mass is 10.0. The highest BCUT2D eigenvalue weighted by atomic mass is 16.3. The highest BCUT2D eigenvalue weighted by Gasteiger charge is 2.23. The predicted octanol–water partition coefficient (Wildman–Crippen LogP) is 2.24. The van der Waals surface area contributed by atoms with E-state index in [0.717, 1.165) is 38.3 Å². The molecule has 0 spiro atoms. The zero-order valence-electron chi connectivity index (χ0n) is 12.7. The van der Waals surface area contributed by atoms with E-state index in [4.69, 9.17) is 0 Å². The van der Waals surface area contributed by atoms with Crippen molar-refractivity contribution in [3.8, 4) is 0 Å². The zero-order chi connectivity index (χ0) is 14.4. The average molecular weight is 277 g/mol. The van der Waals surface area contributed by atoms with E-state index in [-0.39, 0.29) is 12.6 Å². The molecule has 1 aromatic heterocycles. The van der Waals surface area contributed by atoms with Crippen molar-refractivity contribution in [1.82, 2.24) is 10.3 Å². The molecule has 112 valence electrons. The molecular formula is C16H27N3O. The lowest BCUT2D eigenvalue weighted by Gasteiger charge is -2.36. The zero-order valence-corrected chi connectivity index (χ0v) is 12.7. The molecule has 4 nitrogen and oxygen atoms in total. The lowest BCUT2D eigenvalue weighted by Crippen LogP contribution is -2.42. The number of nitrogens with one attached hydrogen (secondary N) is 1. The summed E-state index contributed by atoms with van der Waals surface area (Å²) in [5, 5.41) is 12.9. The number of pyridine rings is 1. The van der Waals surface area contributed by atoms with E-state index in [1.807, 2.05) is 6.20 Å². The van der Waals surface area contributed by atoms with Gasteiger partial charge in [0.15, 0.2) is 0 Å². The molecule has 2 heterocycles. The number of piperidine rings is 1. The number of rotatable bonds is 6. The first kappa shape index (κ1) is 15.3. The fourth-order valence-corrected chi connectivity index (χ4v) is 2.90. The Morgan fingerprint density at radius 1 is 1.45 bits per heavy atom. The maximum atomic E-state index is 9.53. The molecule has 20 heavy (non-hydrogen) atoms. The number of aryl methyl sites for hydroxylation is 1. The third-order valence-corrected chi connectivity index (χ3v) is 3.97. The smallest absolute Gasteiger partial charge is 0.131 e. The van der Waals surface area contributed by atoms with Gasteiger partial charge in [-0.3, -0.25) is 0 Å². The molecule has 1 aliphatic heterocycles. The number of anilines is 1. The first-order valence-electron chi connectivity index (χ1n) is 7.80. The highest BCUT2D eigenvalue weighted by Crippen LogP contribution is 2.26. The molecule has 0 aromatic carbocycles. The van der Waals surface area contributed by atoms with Crippen LogP contribution in [0.5, 0.6) is 0 Å². The van der Waals surface area contributed by atoms with Gasteiger partial charge in [0.2, 0.25) is 0 Å². The summed E-state index contributed by atoms with van der Waals surface area (Å²) in [5.41, 5.74) is 2.44. The molecule has 1 saturated heterocycles. The molecule has 1 unspecified atom stereocenters. The number of hydrogen-bond acceptors (Lipinski definition) is 4.